The lowest BCUT2D eigenvalue weighted by Gasteiger charge is -2.43. The van der Waals surface area contributed by atoms with Crippen LogP contribution in [0.25, 0.3) is 0 Å². The molecule has 30 heavy (non-hydrogen) atoms. The minimum Gasteiger partial charge on any atom is -0.356 e. The third-order valence-electron chi connectivity index (χ3n) is 5.57. The third-order valence-corrected chi connectivity index (χ3v) is 7.70. The van der Waals surface area contributed by atoms with Crippen molar-refractivity contribution in [3.05, 3.63) is 62.5 Å². The van der Waals surface area contributed by atoms with Crippen LogP contribution in [0, 0.1) is 5.92 Å². The smallest absolute Gasteiger partial charge is 0.250 e. The molecule has 1 N–H and O–H groups in total. The summed E-state index contributed by atoms with van der Waals surface area (Å²) in [6.07, 6.45) is 1.07. The van der Waals surface area contributed by atoms with Gasteiger partial charge in [-0.25, -0.2) is 0 Å². The van der Waals surface area contributed by atoms with E-state index in [1.54, 1.807) is 24.3 Å². The maximum atomic E-state index is 12.6. The van der Waals surface area contributed by atoms with Crippen molar-refractivity contribution in [1.29, 1.82) is 0 Å². The van der Waals surface area contributed by atoms with Gasteiger partial charge in [-0.15, -0.1) is 0 Å². The van der Waals surface area contributed by atoms with E-state index in [2.05, 4.69) is 10.2 Å². The summed E-state index contributed by atoms with van der Waals surface area (Å²) < 4.78 is 2.61. The van der Waals surface area contributed by atoms with E-state index in [-0.39, 0.29) is 22.6 Å². The molecule has 1 fully saturated rings. The first-order valence-electron chi connectivity index (χ1n) is 9.73. The maximum absolute atomic E-state index is 12.6. The average Bonchev–Trinajstić information content (AvgIpc) is 2.70. The molecule has 1 saturated heterocycles. The van der Waals surface area contributed by atoms with E-state index in [4.69, 9.17) is 35.4 Å². The van der Waals surface area contributed by atoms with E-state index in [1.807, 2.05) is 23.6 Å². The molecule has 0 spiro atoms. The van der Waals surface area contributed by atoms with Gasteiger partial charge in [-0.2, -0.15) is 0 Å². The minimum absolute atomic E-state index is 0.0683. The highest BCUT2D eigenvalue weighted by molar-refractivity contribution is 8.23. The van der Waals surface area contributed by atoms with E-state index in [0.717, 1.165) is 31.7 Å². The number of pyridine rings is 1. The number of aromatic nitrogens is 1. The van der Waals surface area contributed by atoms with Gasteiger partial charge in [0.2, 0.25) is 5.91 Å². The first-order valence-corrected chi connectivity index (χ1v) is 11.8. The maximum Gasteiger partial charge on any atom is 0.250 e. The summed E-state index contributed by atoms with van der Waals surface area (Å²) in [5, 5.41) is 3.38. The van der Waals surface area contributed by atoms with Crippen molar-refractivity contribution in [2.45, 2.75) is 31.1 Å². The molecule has 9 heteroatoms. The Morgan fingerprint density at radius 1 is 1.23 bits per heavy atom. The number of nitrogens with zero attached hydrogens (tertiary/aromatic N) is 2. The number of nitrogens with one attached hydrogen (secondary N) is 1. The highest BCUT2D eigenvalue weighted by Crippen LogP contribution is 2.36. The molecular formula is C21H21Cl2N3O2S2. The second-order valence-electron chi connectivity index (χ2n) is 7.74. The molecule has 2 aromatic rings. The molecule has 1 amide bonds. The molecule has 4 rings (SSSR count). The SMILES string of the molecule is C[C@H](SC(=S)N1C[C@H]2C[C@@H](C1)c1cccc(=O)n1C2)C(=O)Nc1ccc(Cl)cc1Cl. The highest BCUT2D eigenvalue weighted by atomic mass is 35.5. The lowest BCUT2D eigenvalue weighted by molar-refractivity contribution is -0.115. The quantitative estimate of drug-likeness (QED) is 0.648. The number of thiocarbonyl (C=S) groups is 1. The first-order chi connectivity index (χ1) is 14.3. The minimum atomic E-state index is -0.374. The molecule has 0 unspecified atom stereocenters. The molecule has 0 saturated carbocycles. The fourth-order valence-corrected chi connectivity index (χ4v) is 5.95. The van der Waals surface area contributed by atoms with Gasteiger partial charge in [-0.3, -0.25) is 9.59 Å². The van der Waals surface area contributed by atoms with Crippen molar-refractivity contribution in [2.75, 3.05) is 18.4 Å². The second kappa shape index (κ2) is 8.91. The number of benzene rings is 1. The number of thioether (sulfide) groups is 1. The van der Waals surface area contributed by atoms with Gasteiger partial charge in [0.05, 0.1) is 16.0 Å². The number of carbonyl (C=O) groups excluding carboxylic acids is 1. The van der Waals surface area contributed by atoms with E-state index in [0.29, 0.717) is 26.0 Å². The Balaban J connectivity index is 1.39. The Bertz CT molecular complexity index is 1060. The summed E-state index contributed by atoms with van der Waals surface area (Å²) in [4.78, 5) is 27.0. The van der Waals surface area contributed by atoms with Gasteiger partial charge in [0.15, 0.2) is 0 Å². The molecule has 1 aromatic heterocycles. The van der Waals surface area contributed by atoms with E-state index in [1.165, 1.54) is 11.8 Å². The van der Waals surface area contributed by atoms with E-state index >= 15 is 0 Å². The summed E-state index contributed by atoms with van der Waals surface area (Å²) >= 11 is 19.1. The predicted molar refractivity (Wildman–Crippen MR) is 128 cm³/mol. The van der Waals surface area contributed by atoms with Gasteiger partial charge in [0.25, 0.3) is 5.56 Å². The number of amides is 1. The zero-order valence-electron chi connectivity index (χ0n) is 16.3. The van der Waals surface area contributed by atoms with Crippen molar-refractivity contribution >= 4 is 63.1 Å². The van der Waals surface area contributed by atoms with Gasteiger partial charge in [-0.1, -0.05) is 53.2 Å². The second-order valence-corrected chi connectivity index (χ2v) is 10.6. The molecule has 1 aromatic carbocycles. The number of carbonyl (C=O) groups is 1. The molecule has 158 valence electrons. The van der Waals surface area contributed by atoms with Crippen LogP contribution in [-0.2, 0) is 11.3 Å². The number of piperidine rings is 1. The number of rotatable bonds is 3. The fraction of sp³-hybridized carbons (Fsp3) is 0.381. The molecule has 3 atom stereocenters. The third kappa shape index (κ3) is 4.54. The van der Waals surface area contributed by atoms with Gasteiger partial charge in [0.1, 0.15) is 4.32 Å². The Morgan fingerprint density at radius 3 is 2.80 bits per heavy atom. The molecule has 2 bridgehead atoms. The Morgan fingerprint density at radius 2 is 2.03 bits per heavy atom. The number of fused-ring (bicyclic) bond motifs is 4. The Kier molecular flexibility index (Phi) is 6.44. The van der Waals surface area contributed by atoms with Gasteiger partial charge in [0, 0.05) is 42.3 Å². The number of hydrogen-bond donors (Lipinski definition) is 1. The van der Waals surface area contributed by atoms with Crippen LogP contribution in [0.2, 0.25) is 10.0 Å². The highest BCUT2D eigenvalue weighted by Gasteiger charge is 2.35. The van der Waals surface area contributed by atoms with Gasteiger partial charge in [-0.05, 0) is 43.5 Å². The van der Waals surface area contributed by atoms with Crippen LogP contribution in [0.1, 0.15) is 25.0 Å². The molecule has 0 aliphatic carbocycles. The van der Waals surface area contributed by atoms with Crippen molar-refractivity contribution in [3.63, 3.8) is 0 Å². The molecule has 5 nitrogen and oxygen atoms in total. The molecule has 2 aliphatic rings. The van der Waals surface area contributed by atoms with Crippen LogP contribution in [0.3, 0.4) is 0 Å². The topological polar surface area (TPSA) is 54.3 Å². The van der Waals surface area contributed by atoms with E-state index < -0.39 is 0 Å². The van der Waals surface area contributed by atoms with Crippen molar-refractivity contribution in [2.24, 2.45) is 5.92 Å². The zero-order chi connectivity index (χ0) is 21.4. The molecule has 0 radical (unpaired) electrons. The van der Waals surface area contributed by atoms with Gasteiger partial charge < -0.3 is 14.8 Å². The molecule has 2 aliphatic heterocycles. The number of likely N-dealkylation sites (tertiary alicyclic amines) is 1. The number of halogens is 2. The monoisotopic (exact) mass is 481 g/mol. The summed E-state index contributed by atoms with van der Waals surface area (Å²) in [6, 6.07) is 10.4. The van der Waals surface area contributed by atoms with Crippen LogP contribution >= 0.6 is 47.2 Å². The summed E-state index contributed by atoms with van der Waals surface area (Å²) in [7, 11) is 0. The summed E-state index contributed by atoms with van der Waals surface area (Å²) in [6.45, 7) is 4.12. The lowest BCUT2D eigenvalue weighted by Crippen LogP contribution is -2.48. The van der Waals surface area contributed by atoms with Crippen LogP contribution in [0.5, 0.6) is 0 Å². The van der Waals surface area contributed by atoms with E-state index in [9.17, 15) is 9.59 Å². The standard InChI is InChI=1S/C21H21Cl2N3O2S2/c1-12(20(28)24-17-6-5-15(22)8-16(17)23)30-21(29)25-9-13-7-14(11-25)18-3-2-4-19(27)26(18)10-13/h2-6,8,12-14H,7,9-11H2,1H3,(H,24,28)/t12-,13+,14-/m0/s1. The fourth-order valence-electron chi connectivity index (χ4n) is 4.15. The summed E-state index contributed by atoms with van der Waals surface area (Å²) in [5.74, 6) is 0.495. The van der Waals surface area contributed by atoms with Crippen LogP contribution in [-0.4, -0.2) is 38.0 Å². The average molecular weight is 482 g/mol. The van der Waals surface area contributed by atoms with Crippen molar-refractivity contribution in [3.8, 4) is 0 Å². The Hall–Kier alpha value is -1.54. The summed E-state index contributed by atoms with van der Waals surface area (Å²) in [5.41, 5.74) is 1.68. The van der Waals surface area contributed by atoms with Crippen LogP contribution in [0.15, 0.2) is 41.2 Å². The molecular weight excluding hydrogens is 461 g/mol. The lowest BCUT2D eigenvalue weighted by atomic mass is 9.83. The first kappa shape index (κ1) is 21.7. The zero-order valence-corrected chi connectivity index (χ0v) is 19.5. The Labute approximate surface area is 194 Å². The largest absolute Gasteiger partial charge is 0.356 e. The number of anilines is 1. The normalized spacial score (nSPS) is 21.0. The van der Waals surface area contributed by atoms with Crippen LogP contribution in [0.4, 0.5) is 5.69 Å². The predicted octanol–water partition coefficient (Wildman–Crippen LogP) is 4.62. The van der Waals surface area contributed by atoms with Crippen LogP contribution < -0.4 is 10.9 Å². The van der Waals surface area contributed by atoms with Gasteiger partial charge >= 0.3 is 0 Å². The molecule has 3 heterocycles. The van der Waals surface area contributed by atoms with Crippen molar-refractivity contribution in [1.82, 2.24) is 9.47 Å². The van der Waals surface area contributed by atoms with Crippen molar-refractivity contribution < 1.29 is 4.79 Å². The number of hydrogen-bond acceptors (Lipinski definition) is 4.